The van der Waals surface area contributed by atoms with Crippen LogP contribution in [0.3, 0.4) is 0 Å². The maximum atomic E-state index is 13.5. The molecule has 0 saturated carbocycles. The quantitative estimate of drug-likeness (QED) is 0.697. The van der Waals surface area contributed by atoms with Gasteiger partial charge in [0.15, 0.2) is 0 Å². The average molecular weight is 475 g/mol. The number of benzene rings is 2. The summed E-state index contributed by atoms with van der Waals surface area (Å²) in [6.45, 7) is 4.35. The van der Waals surface area contributed by atoms with E-state index in [1.807, 2.05) is 0 Å². The number of nitrogens with zero attached hydrogens (tertiary/aromatic N) is 3. The third-order valence-corrected chi connectivity index (χ3v) is 8.19. The van der Waals surface area contributed by atoms with Gasteiger partial charge in [-0.1, -0.05) is 18.6 Å². The zero-order valence-electron chi connectivity index (χ0n) is 19.0. The first-order valence-electron chi connectivity index (χ1n) is 11.4. The summed E-state index contributed by atoms with van der Waals surface area (Å²) < 4.78 is 41.5. The van der Waals surface area contributed by atoms with Crippen molar-refractivity contribution in [3.8, 4) is 0 Å². The molecule has 2 aliphatic rings. The third-order valence-electron chi connectivity index (χ3n) is 6.29. The summed E-state index contributed by atoms with van der Waals surface area (Å²) in [7, 11) is -1.57. The largest absolute Gasteiger partial charge is 0.367 e. The Morgan fingerprint density at radius 3 is 2.39 bits per heavy atom. The third kappa shape index (κ3) is 5.72. The van der Waals surface area contributed by atoms with Gasteiger partial charge in [-0.15, -0.1) is 0 Å². The number of anilines is 2. The normalized spacial score (nSPS) is 18.3. The Kier molecular flexibility index (Phi) is 7.31. The number of carbonyl (C=O) groups is 1. The lowest BCUT2D eigenvalue weighted by Crippen LogP contribution is -2.44. The fourth-order valence-electron chi connectivity index (χ4n) is 4.38. The van der Waals surface area contributed by atoms with Crippen LogP contribution >= 0.6 is 0 Å². The summed E-state index contributed by atoms with van der Waals surface area (Å²) in [4.78, 5) is 17.4. The van der Waals surface area contributed by atoms with Crippen LogP contribution in [0.4, 0.5) is 15.8 Å². The standard InChI is InChI=1S/C24H31FN4O3S/c1-27-12-14-28(15-13-27)23-9-8-21(33(31,32)29-10-3-2-4-11-29)18-22(23)26-24(30)17-19-6-5-7-20(25)16-19/h5-9,16,18H,2-4,10-15,17H2,1H3,(H,26,30). The molecule has 0 spiro atoms. The van der Waals surface area contributed by atoms with Crippen LogP contribution in [0.25, 0.3) is 0 Å². The molecule has 33 heavy (non-hydrogen) atoms. The number of likely N-dealkylation sites (N-methyl/N-ethyl adjacent to an activating group) is 1. The number of piperazine rings is 1. The van der Waals surface area contributed by atoms with Crippen molar-refractivity contribution in [3.63, 3.8) is 0 Å². The van der Waals surface area contributed by atoms with E-state index in [0.29, 0.717) is 24.3 Å². The second-order valence-electron chi connectivity index (χ2n) is 8.79. The van der Waals surface area contributed by atoms with Gasteiger partial charge in [-0.3, -0.25) is 4.79 Å². The minimum Gasteiger partial charge on any atom is -0.367 e. The SMILES string of the molecule is CN1CCN(c2ccc(S(=O)(=O)N3CCCCC3)cc2NC(=O)Cc2cccc(F)c2)CC1. The smallest absolute Gasteiger partial charge is 0.243 e. The molecule has 9 heteroatoms. The van der Waals surface area contributed by atoms with Crippen molar-refractivity contribution < 1.29 is 17.6 Å². The van der Waals surface area contributed by atoms with Crippen molar-refractivity contribution in [2.75, 3.05) is 56.5 Å². The number of halogens is 1. The van der Waals surface area contributed by atoms with E-state index >= 15 is 0 Å². The zero-order chi connectivity index (χ0) is 23.4. The molecule has 0 radical (unpaired) electrons. The van der Waals surface area contributed by atoms with Gasteiger partial charge >= 0.3 is 0 Å². The lowest BCUT2D eigenvalue weighted by atomic mass is 10.1. The summed E-state index contributed by atoms with van der Waals surface area (Å²) in [5.74, 6) is -0.712. The average Bonchev–Trinajstić information content (AvgIpc) is 2.80. The van der Waals surface area contributed by atoms with Crippen molar-refractivity contribution in [2.45, 2.75) is 30.6 Å². The number of rotatable bonds is 6. The lowest BCUT2D eigenvalue weighted by molar-refractivity contribution is -0.115. The molecule has 2 heterocycles. The number of amides is 1. The van der Waals surface area contributed by atoms with E-state index in [1.165, 1.54) is 16.4 Å². The Hall–Kier alpha value is -2.49. The van der Waals surface area contributed by atoms with Gasteiger partial charge in [-0.2, -0.15) is 4.31 Å². The number of sulfonamides is 1. The van der Waals surface area contributed by atoms with Crippen molar-refractivity contribution >= 4 is 27.3 Å². The van der Waals surface area contributed by atoms with Crippen LogP contribution in [0.2, 0.25) is 0 Å². The first-order chi connectivity index (χ1) is 15.8. The number of hydrogen-bond acceptors (Lipinski definition) is 5. The fourth-order valence-corrected chi connectivity index (χ4v) is 5.92. The summed E-state index contributed by atoms with van der Waals surface area (Å²) in [6.07, 6.45) is 2.75. The molecule has 178 valence electrons. The van der Waals surface area contributed by atoms with E-state index in [-0.39, 0.29) is 17.2 Å². The molecule has 1 amide bonds. The second-order valence-corrected chi connectivity index (χ2v) is 10.7. The molecule has 2 saturated heterocycles. The molecular formula is C24H31FN4O3S. The van der Waals surface area contributed by atoms with Gasteiger partial charge in [0.25, 0.3) is 0 Å². The van der Waals surface area contributed by atoms with E-state index in [2.05, 4.69) is 22.2 Å². The predicted molar refractivity (Wildman–Crippen MR) is 127 cm³/mol. The molecule has 0 bridgehead atoms. The van der Waals surface area contributed by atoms with Crippen molar-refractivity contribution in [1.29, 1.82) is 0 Å². The van der Waals surface area contributed by atoms with E-state index in [4.69, 9.17) is 0 Å². The molecule has 7 nitrogen and oxygen atoms in total. The van der Waals surface area contributed by atoms with Gasteiger partial charge in [0.2, 0.25) is 15.9 Å². The van der Waals surface area contributed by atoms with Crippen LogP contribution in [0.15, 0.2) is 47.4 Å². The molecule has 2 aromatic carbocycles. The van der Waals surface area contributed by atoms with Gasteiger partial charge < -0.3 is 15.1 Å². The Balaban J connectivity index is 1.62. The summed E-state index contributed by atoms with van der Waals surface area (Å²) in [6, 6.07) is 10.9. The fraction of sp³-hybridized carbons (Fsp3) is 0.458. The predicted octanol–water partition coefficient (Wildman–Crippen LogP) is 2.93. The Morgan fingerprint density at radius 2 is 1.70 bits per heavy atom. The van der Waals surface area contributed by atoms with Crippen LogP contribution in [0.1, 0.15) is 24.8 Å². The van der Waals surface area contributed by atoms with Crippen molar-refractivity contribution in [3.05, 3.63) is 53.8 Å². The Labute approximate surface area is 195 Å². The molecule has 1 N–H and O–H groups in total. The van der Waals surface area contributed by atoms with Crippen LogP contribution in [0.5, 0.6) is 0 Å². The Morgan fingerprint density at radius 1 is 0.970 bits per heavy atom. The molecule has 0 atom stereocenters. The summed E-state index contributed by atoms with van der Waals surface area (Å²) >= 11 is 0. The maximum absolute atomic E-state index is 13.5. The summed E-state index contributed by atoms with van der Waals surface area (Å²) in [5, 5.41) is 2.90. The number of piperidine rings is 1. The van der Waals surface area contributed by atoms with Crippen LogP contribution in [-0.2, 0) is 21.2 Å². The first-order valence-corrected chi connectivity index (χ1v) is 12.9. The van der Waals surface area contributed by atoms with Crippen LogP contribution in [0, 0.1) is 5.82 Å². The van der Waals surface area contributed by atoms with Crippen molar-refractivity contribution in [2.24, 2.45) is 0 Å². The van der Waals surface area contributed by atoms with Crippen LogP contribution < -0.4 is 10.2 Å². The maximum Gasteiger partial charge on any atom is 0.243 e. The first kappa shape index (κ1) is 23.7. The number of carbonyl (C=O) groups excluding carboxylic acids is 1. The van der Waals surface area contributed by atoms with E-state index in [9.17, 15) is 17.6 Å². The van der Waals surface area contributed by atoms with Gasteiger partial charge in [0.1, 0.15) is 5.82 Å². The highest BCUT2D eigenvalue weighted by Gasteiger charge is 2.28. The zero-order valence-corrected chi connectivity index (χ0v) is 19.8. The number of hydrogen-bond donors (Lipinski definition) is 1. The molecule has 2 fully saturated rings. The monoisotopic (exact) mass is 474 g/mol. The van der Waals surface area contributed by atoms with E-state index in [1.54, 1.807) is 30.3 Å². The minimum absolute atomic E-state index is 0.00302. The Bertz CT molecular complexity index is 1090. The highest BCUT2D eigenvalue weighted by Crippen LogP contribution is 2.32. The van der Waals surface area contributed by atoms with Gasteiger partial charge in [-0.25, -0.2) is 12.8 Å². The van der Waals surface area contributed by atoms with Gasteiger partial charge in [-0.05, 0) is 55.8 Å². The topological polar surface area (TPSA) is 73.0 Å². The van der Waals surface area contributed by atoms with Gasteiger partial charge in [0.05, 0.1) is 22.7 Å². The molecule has 0 unspecified atom stereocenters. The summed E-state index contributed by atoms with van der Waals surface area (Å²) in [5.41, 5.74) is 1.83. The molecule has 2 aromatic rings. The molecule has 0 aliphatic carbocycles. The second kappa shape index (κ2) is 10.2. The lowest BCUT2D eigenvalue weighted by Gasteiger charge is -2.35. The molecule has 2 aliphatic heterocycles. The van der Waals surface area contributed by atoms with Gasteiger partial charge in [0, 0.05) is 39.3 Å². The minimum atomic E-state index is -3.64. The molecular weight excluding hydrogens is 443 g/mol. The van der Waals surface area contributed by atoms with Crippen molar-refractivity contribution in [1.82, 2.24) is 9.21 Å². The highest BCUT2D eigenvalue weighted by atomic mass is 32.2. The van der Waals surface area contributed by atoms with E-state index < -0.39 is 15.8 Å². The number of nitrogens with one attached hydrogen (secondary N) is 1. The highest BCUT2D eigenvalue weighted by molar-refractivity contribution is 7.89. The van der Waals surface area contributed by atoms with Crippen LogP contribution in [-0.4, -0.2) is 69.8 Å². The molecule has 0 aromatic heterocycles. The molecule has 4 rings (SSSR count). The van der Waals surface area contributed by atoms with E-state index in [0.717, 1.165) is 51.1 Å².